The van der Waals surface area contributed by atoms with Gasteiger partial charge in [0.05, 0.1) is 18.0 Å². The molecule has 5 heteroatoms. The first-order chi connectivity index (χ1) is 8.19. The lowest BCUT2D eigenvalue weighted by atomic mass is 10.2. The number of imidazole rings is 1. The SMILES string of the molecule is Cn1cnc(C(=O)Nc2cccc(C#N)c2)c1. The Morgan fingerprint density at radius 1 is 1.53 bits per heavy atom. The maximum absolute atomic E-state index is 11.8. The number of aryl methyl sites for hydroxylation is 1. The molecule has 0 saturated carbocycles. The molecule has 0 saturated heterocycles. The van der Waals surface area contributed by atoms with E-state index in [0.717, 1.165) is 0 Å². The van der Waals surface area contributed by atoms with Gasteiger partial charge in [-0.25, -0.2) is 4.98 Å². The lowest BCUT2D eigenvalue weighted by molar-refractivity contribution is 0.102. The fourth-order valence-electron chi connectivity index (χ4n) is 1.39. The number of carbonyl (C=O) groups excluding carboxylic acids is 1. The lowest BCUT2D eigenvalue weighted by Gasteiger charge is -2.02. The second-order valence-corrected chi connectivity index (χ2v) is 3.57. The van der Waals surface area contributed by atoms with Gasteiger partial charge in [-0.05, 0) is 18.2 Å². The molecule has 0 bridgehead atoms. The van der Waals surface area contributed by atoms with Crippen molar-refractivity contribution in [3.63, 3.8) is 0 Å². The van der Waals surface area contributed by atoms with Crippen molar-refractivity contribution in [1.29, 1.82) is 5.26 Å². The Balaban J connectivity index is 2.16. The third kappa shape index (κ3) is 2.49. The average molecular weight is 226 g/mol. The Bertz CT molecular complexity index is 595. The topological polar surface area (TPSA) is 70.7 Å². The van der Waals surface area contributed by atoms with Gasteiger partial charge in [0.2, 0.25) is 0 Å². The van der Waals surface area contributed by atoms with Crippen LogP contribution in [0, 0.1) is 11.3 Å². The van der Waals surface area contributed by atoms with Gasteiger partial charge in [-0.15, -0.1) is 0 Å². The van der Waals surface area contributed by atoms with E-state index in [1.165, 1.54) is 0 Å². The molecule has 1 amide bonds. The number of hydrogen-bond donors (Lipinski definition) is 1. The molecular formula is C12H10N4O. The monoisotopic (exact) mass is 226 g/mol. The summed E-state index contributed by atoms with van der Waals surface area (Å²) in [4.78, 5) is 15.7. The number of nitrogens with zero attached hydrogens (tertiary/aromatic N) is 3. The van der Waals surface area contributed by atoms with Crippen molar-refractivity contribution in [2.24, 2.45) is 7.05 Å². The van der Waals surface area contributed by atoms with Gasteiger partial charge in [0.1, 0.15) is 5.69 Å². The Hall–Kier alpha value is -2.61. The summed E-state index contributed by atoms with van der Waals surface area (Å²) in [5.41, 5.74) is 1.43. The van der Waals surface area contributed by atoms with Crippen molar-refractivity contribution in [3.05, 3.63) is 48.0 Å². The first-order valence-corrected chi connectivity index (χ1v) is 4.98. The van der Waals surface area contributed by atoms with Crippen LogP contribution in [0.4, 0.5) is 5.69 Å². The van der Waals surface area contributed by atoms with Crippen LogP contribution in [0.5, 0.6) is 0 Å². The highest BCUT2D eigenvalue weighted by atomic mass is 16.1. The average Bonchev–Trinajstić information content (AvgIpc) is 2.76. The minimum atomic E-state index is -0.291. The van der Waals surface area contributed by atoms with Crippen LogP contribution in [0.3, 0.4) is 0 Å². The highest BCUT2D eigenvalue weighted by Crippen LogP contribution is 2.10. The van der Waals surface area contributed by atoms with Crippen molar-refractivity contribution in [1.82, 2.24) is 9.55 Å². The van der Waals surface area contributed by atoms with Crippen LogP contribution >= 0.6 is 0 Å². The molecule has 1 N–H and O–H groups in total. The Labute approximate surface area is 98.3 Å². The summed E-state index contributed by atoms with van der Waals surface area (Å²) in [6.07, 6.45) is 3.18. The molecule has 0 unspecified atom stereocenters. The second kappa shape index (κ2) is 4.49. The Kier molecular flexibility index (Phi) is 2.88. The predicted molar refractivity (Wildman–Crippen MR) is 62.3 cm³/mol. The molecule has 0 radical (unpaired) electrons. The van der Waals surface area contributed by atoms with Gasteiger partial charge in [0.15, 0.2) is 0 Å². The minimum Gasteiger partial charge on any atom is -0.340 e. The third-order valence-corrected chi connectivity index (χ3v) is 2.19. The maximum Gasteiger partial charge on any atom is 0.275 e. The molecule has 0 aliphatic heterocycles. The van der Waals surface area contributed by atoms with Crippen molar-refractivity contribution < 1.29 is 4.79 Å². The smallest absolute Gasteiger partial charge is 0.275 e. The van der Waals surface area contributed by atoms with Crippen LogP contribution in [-0.4, -0.2) is 15.5 Å². The van der Waals surface area contributed by atoms with E-state index in [1.807, 2.05) is 6.07 Å². The molecule has 0 atom stereocenters. The fraction of sp³-hybridized carbons (Fsp3) is 0.0833. The number of nitrogens with one attached hydrogen (secondary N) is 1. The highest BCUT2D eigenvalue weighted by molar-refractivity contribution is 6.02. The van der Waals surface area contributed by atoms with E-state index in [-0.39, 0.29) is 5.91 Å². The van der Waals surface area contributed by atoms with Crippen LogP contribution in [0.1, 0.15) is 16.1 Å². The molecule has 5 nitrogen and oxygen atoms in total. The van der Waals surface area contributed by atoms with Crippen LogP contribution < -0.4 is 5.32 Å². The first-order valence-electron chi connectivity index (χ1n) is 4.98. The number of anilines is 1. The number of carbonyl (C=O) groups is 1. The zero-order valence-electron chi connectivity index (χ0n) is 9.21. The van der Waals surface area contributed by atoms with Gasteiger partial charge in [-0.2, -0.15) is 5.26 Å². The van der Waals surface area contributed by atoms with Crippen LogP contribution in [0.25, 0.3) is 0 Å². The van der Waals surface area contributed by atoms with Crippen molar-refractivity contribution in [3.8, 4) is 6.07 Å². The molecule has 1 aromatic heterocycles. The quantitative estimate of drug-likeness (QED) is 0.844. The molecule has 1 aromatic carbocycles. The number of nitriles is 1. The molecule has 0 aliphatic rings. The number of rotatable bonds is 2. The number of amides is 1. The summed E-state index contributed by atoms with van der Waals surface area (Å²) >= 11 is 0. The van der Waals surface area contributed by atoms with Crippen molar-refractivity contribution >= 4 is 11.6 Å². The fourth-order valence-corrected chi connectivity index (χ4v) is 1.39. The van der Waals surface area contributed by atoms with Gasteiger partial charge in [-0.1, -0.05) is 6.07 Å². The van der Waals surface area contributed by atoms with E-state index in [0.29, 0.717) is 16.9 Å². The number of hydrogen-bond acceptors (Lipinski definition) is 3. The molecule has 0 aliphatic carbocycles. The van der Waals surface area contributed by atoms with Gasteiger partial charge in [0, 0.05) is 18.9 Å². The van der Waals surface area contributed by atoms with Crippen LogP contribution in [-0.2, 0) is 7.05 Å². The summed E-state index contributed by atoms with van der Waals surface area (Å²) in [7, 11) is 1.79. The minimum absolute atomic E-state index is 0.291. The summed E-state index contributed by atoms with van der Waals surface area (Å²) in [6, 6.07) is 8.74. The summed E-state index contributed by atoms with van der Waals surface area (Å²) in [5.74, 6) is -0.291. The van der Waals surface area contributed by atoms with Gasteiger partial charge in [0.25, 0.3) is 5.91 Å². The molecule has 2 aromatic rings. The van der Waals surface area contributed by atoms with E-state index >= 15 is 0 Å². The highest BCUT2D eigenvalue weighted by Gasteiger charge is 2.08. The van der Waals surface area contributed by atoms with E-state index in [9.17, 15) is 4.79 Å². The van der Waals surface area contributed by atoms with E-state index in [4.69, 9.17) is 5.26 Å². The molecule has 0 fully saturated rings. The first kappa shape index (κ1) is 10.9. The van der Waals surface area contributed by atoms with Crippen LogP contribution in [0.15, 0.2) is 36.8 Å². The zero-order valence-corrected chi connectivity index (χ0v) is 9.21. The lowest BCUT2D eigenvalue weighted by Crippen LogP contribution is -2.12. The number of benzene rings is 1. The number of aromatic nitrogens is 2. The molecule has 0 spiro atoms. The molecule has 1 heterocycles. The summed E-state index contributed by atoms with van der Waals surface area (Å²) in [5, 5.41) is 11.4. The Morgan fingerprint density at radius 2 is 2.35 bits per heavy atom. The summed E-state index contributed by atoms with van der Waals surface area (Å²) < 4.78 is 1.70. The van der Waals surface area contributed by atoms with Gasteiger partial charge < -0.3 is 9.88 Å². The van der Waals surface area contributed by atoms with Crippen molar-refractivity contribution in [2.75, 3.05) is 5.32 Å². The molecule has 2 rings (SSSR count). The predicted octanol–water partition coefficient (Wildman–Crippen LogP) is 1.54. The van der Waals surface area contributed by atoms with Gasteiger partial charge in [-0.3, -0.25) is 4.79 Å². The van der Waals surface area contributed by atoms with E-state index < -0.39 is 0 Å². The summed E-state index contributed by atoms with van der Waals surface area (Å²) in [6.45, 7) is 0. The van der Waals surface area contributed by atoms with Gasteiger partial charge >= 0.3 is 0 Å². The normalized spacial score (nSPS) is 9.65. The second-order valence-electron chi connectivity index (χ2n) is 3.57. The van der Waals surface area contributed by atoms with Crippen LogP contribution in [0.2, 0.25) is 0 Å². The van der Waals surface area contributed by atoms with E-state index in [1.54, 1.807) is 48.4 Å². The molecule has 84 valence electrons. The standard InChI is InChI=1S/C12H10N4O/c1-16-7-11(14-8-16)12(17)15-10-4-2-3-9(5-10)6-13/h2-5,7-8H,1H3,(H,15,17). The largest absolute Gasteiger partial charge is 0.340 e. The maximum atomic E-state index is 11.8. The van der Waals surface area contributed by atoms with E-state index in [2.05, 4.69) is 10.3 Å². The zero-order chi connectivity index (χ0) is 12.3. The third-order valence-electron chi connectivity index (χ3n) is 2.19. The Morgan fingerprint density at radius 3 is 3.00 bits per heavy atom. The molecular weight excluding hydrogens is 216 g/mol. The van der Waals surface area contributed by atoms with Crippen molar-refractivity contribution in [2.45, 2.75) is 0 Å². The molecule has 17 heavy (non-hydrogen) atoms.